The number of carbonyl (C=O) groups is 1. The molecule has 2 heterocycles. The molecule has 0 radical (unpaired) electrons. The van der Waals surface area contributed by atoms with E-state index < -0.39 is 0 Å². The first kappa shape index (κ1) is 19.1. The van der Waals surface area contributed by atoms with E-state index in [0.29, 0.717) is 12.1 Å². The molecule has 3 rings (SSSR count). The number of nitrogens with zero attached hydrogens (tertiary/aromatic N) is 3. The van der Waals surface area contributed by atoms with Gasteiger partial charge in [0.1, 0.15) is 0 Å². The van der Waals surface area contributed by atoms with Crippen molar-refractivity contribution >= 4 is 16.9 Å². The van der Waals surface area contributed by atoms with Crippen molar-refractivity contribution in [3.8, 4) is 0 Å². The summed E-state index contributed by atoms with van der Waals surface area (Å²) in [6.07, 6.45) is 1.77. The van der Waals surface area contributed by atoms with Crippen LogP contribution in [0, 0.1) is 13.8 Å². The third-order valence-corrected chi connectivity index (χ3v) is 4.98. The zero-order chi connectivity index (χ0) is 19.8. The fraction of sp³-hybridized carbons (Fsp3) is 0.409. The predicted octanol–water partition coefficient (Wildman–Crippen LogP) is 4.34. The molecule has 5 nitrogen and oxygen atoms in total. The Hall–Kier alpha value is -2.69. The maximum Gasteiger partial charge on any atom is 0.253 e. The number of hydrogen-bond acceptors (Lipinski definition) is 3. The lowest BCUT2D eigenvalue weighted by atomic mass is 9.84. The van der Waals surface area contributed by atoms with Gasteiger partial charge in [0.2, 0.25) is 0 Å². The second-order valence-electron chi connectivity index (χ2n) is 8.15. The molecule has 2 aromatic heterocycles. The van der Waals surface area contributed by atoms with E-state index in [1.807, 2.05) is 17.7 Å². The molecule has 0 atom stereocenters. The fourth-order valence-electron chi connectivity index (χ4n) is 3.24. The summed E-state index contributed by atoms with van der Waals surface area (Å²) in [5.74, 6) is -0.0973. The van der Waals surface area contributed by atoms with E-state index in [4.69, 9.17) is 0 Å². The molecule has 1 aromatic carbocycles. The number of fused-ring (bicyclic) bond motifs is 1. The number of aromatic nitrogens is 3. The van der Waals surface area contributed by atoms with Gasteiger partial charge < -0.3 is 5.32 Å². The van der Waals surface area contributed by atoms with Crippen molar-refractivity contribution in [1.82, 2.24) is 20.1 Å². The Labute approximate surface area is 160 Å². The molecule has 5 heteroatoms. The highest BCUT2D eigenvalue weighted by molar-refractivity contribution is 5.98. The third kappa shape index (κ3) is 3.87. The Morgan fingerprint density at radius 3 is 2.63 bits per heavy atom. The number of amides is 1. The number of pyridine rings is 1. The Morgan fingerprint density at radius 1 is 1.22 bits per heavy atom. The molecule has 0 aliphatic rings. The van der Waals surface area contributed by atoms with Crippen LogP contribution in [0.2, 0.25) is 0 Å². The lowest BCUT2D eigenvalue weighted by Crippen LogP contribution is -2.37. The summed E-state index contributed by atoms with van der Waals surface area (Å²) < 4.78 is 1.88. The van der Waals surface area contributed by atoms with Gasteiger partial charge in [0, 0.05) is 23.4 Å². The van der Waals surface area contributed by atoms with Crippen LogP contribution in [-0.4, -0.2) is 27.2 Å². The zero-order valence-corrected chi connectivity index (χ0v) is 17.0. The van der Waals surface area contributed by atoms with Gasteiger partial charge in [-0.15, -0.1) is 0 Å². The molecule has 0 spiro atoms. The molecule has 142 valence electrons. The van der Waals surface area contributed by atoms with Crippen LogP contribution < -0.4 is 5.32 Å². The molecule has 1 N–H and O–H groups in total. The van der Waals surface area contributed by atoms with Crippen LogP contribution in [0.15, 0.2) is 36.5 Å². The SMILES string of the molecule is Cc1cccc(C(C)(C)CNC(=O)c2cc3cnn(C(C)C)c3nc2C)c1. The number of benzene rings is 1. The first-order valence-corrected chi connectivity index (χ1v) is 9.39. The van der Waals surface area contributed by atoms with Crippen LogP contribution >= 0.6 is 0 Å². The van der Waals surface area contributed by atoms with E-state index in [1.54, 1.807) is 6.20 Å². The van der Waals surface area contributed by atoms with Gasteiger partial charge in [0.25, 0.3) is 5.91 Å². The second kappa shape index (κ2) is 7.14. The second-order valence-corrected chi connectivity index (χ2v) is 8.15. The average Bonchev–Trinajstić information content (AvgIpc) is 3.02. The van der Waals surface area contributed by atoms with Crippen molar-refractivity contribution in [2.75, 3.05) is 6.54 Å². The molecular weight excluding hydrogens is 336 g/mol. The topological polar surface area (TPSA) is 59.8 Å². The average molecular weight is 364 g/mol. The van der Waals surface area contributed by atoms with E-state index in [1.165, 1.54) is 11.1 Å². The zero-order valence-electron chi connectivity index (χ0n) is 17.0. The van der Waals surface area contributed by atoms with Gasteiger partial charge in [-0.3, -0.25) is 4.79 Å². The van der Waals surface area contributed by atoms with Crippen molar-refractivity contribution in [1.29, 1.82) is 0 Å². The molecule has 1 amide bonds. The van der Waals surface area contributed by atoms with E-state index in [-0.39, 0.29) is 17.4 Å². The highest BCUT2D eigenvalue weighted by atomic mass is 16.1. The molecule has 0 saturated carbocycles. The number of carbonyl (C=O) groups excluding carboxylic acids is 1. The van der Waals surface area contributed by atoms with Gasteiger partial charge in [-0.1, -0.05) is 43.7 Å². The standard InChI is InChI=1S/C22H28N4O/c1-14(2)26-20-17(12-24-26)11-19(16(4)25-20)21(27)23-13-22(5,6)18-9-7-8-15(3)10-18/h7-12,14H,13H2,1-6H3,(H,23,27). The van der Waals surface area contributed by atoms with Crippen molar-refractivity contribution < 1.29 is 4.79 Å². The van der Waals surface area contributed by atoms with Gasteiger partial charge >= 0.3 is 0 Å². The highest BCUT2D eigenvalue weighted by Crippen LogP contribution is 2.24. The molecule has 0 saturated heterocycles. The predicted molar refractivity (Wildman–Crippen MR) is 109 cm³/mol. The summed E-state index contributed by atoms with van der Waals surface area (Å²) in [4.78, 5) is 17.4. The van der Waals surface area contributed by atoms with Gasteiger partial charge in [0.15, 0.2) is 5.65 Å². The molecular formula is C22H28N4O. The summed E-state index contributed by atoms with van der Waals surface area (Å²) in [5, 5.41) is 8.36. The van der Waals surface area contributed by atoms with Gasteiger partial charge in [-0.2, -0.15) is 5.10 Å². The van der Waals surface area contributed by atoms with Crippen LogP contribution in [0.4, 0.5) is 0 Å². The summed E-state index contributed by atoms with van der Waals surface area (Å²) in [5.41, 5.74) is 4.42. The van der Waals surface area contributed by atoms with Gasteiger partial charge in [-0.05, 0) is 39.3 Å². The Kier molecular flexibility index (Phi) is 5.05. The Bertz CT molecular complexity index is 985. The van der Waals surface area contributed by atoms with Gasteiger partial charge in [-0.25, -0.2) is 9.67 Å². The third-order valence-electron chi connectivity index (χ3n) is 4.98. The maximum atomic E-state index is 12.8. The summed E-state index contributed by atoms with van der Waals surface area (Å²) in [7, 11) is 0. The highest BCUT2D eigenvalue weighted by Gasteiger charge is 2.23. The molecule has 27 heavy (non-hydrogen) atoms. The fourth-order valence-corrected chi connectivity index (χ4v) is 3.24. The molecule has 0 unspecified atom stereocenters. The normalized spacial score (nSPS) is 12.0. The quantitative estimate of drug-likeness (QED) is 0.733. The number of hydrogen-bond donors (Lipinski definition) is 1. The molecule has 0 aliphatic carbocycles. The summed E-state index contributed by atoms with van der Waals surface area (Å²) in [6.45, 7) is 12.9. The van der Waals surface area contributed by atoms with Gasteiger partial charge in [0.05, 0.1) is 17.5 Å². The smallest absolute Gasteiger partial charge is 0.253 e. The van der Waals surface area contributed by atoms with Crippen molar-refractivity contribution in [3.63, 3.8) is 0 Å². The number of rotatable bonds is 5. The minimum Gasteiger partial charge on any atom is -0.351 e. The van der Waals surface area contributed by atoms with Crippen molar-refractivity contribution in [3.05, 3.63) is 58.9 Å². The van der Waals surface area contributed by atoms with Crippen LogP contribution in [-0.2, 0) is 5.41 Å². The van der Waals surface area contributed by atoms with Crippen LogP contribution in [0.5, 0.6) is 0 Å². The van der Waals surface area contributed by atoms with Crippen LogP contribution in [0.25, 0.3) is 11.0 Å². The summed E-state index contributed by atoms with van der Waals surface area (Å²) in [6, 6.07) is 10.5. The minimum atomic E-state index is -0.157. The number of nitrogens with one attached hydrogen (secondary N) is 1. The van der Waals surface area contributed by atoms with E-state index in [0.717, 1.165) is 16.7 Å². The van der Waals surface area contributed by atoms with Crippen molar-refractivity contribution in [2.45, 2.75) is 53.0 Å². The molecule has 0 fully saturated rings. The molecule has 0 bridgehead atoms. The Morgan fingerprint density at radius 2 is 1.96 bits per heavy atom. The molecule has 0 aliphatic heterocycles. The Balaban J connectivity index is 1.81. The van der Waals surface area contributed by atoms with E-state index in [9.17, 15) is 4.79 Å². The minimum absolute atomic E-state index is 0.0973. The van der Waals surface area contributed by atoms with Crippen LogP contribution in [0.3, 0.4) is 0 Å². The van der Waals surface area contributed by atoms with Crippen molar-refractivity contribution in [2.24, 2.45) is 0 Å². The largest absolute Gasteiger partial charge is 0.351 e. The summed E-state index contributed by atoms with van der Waals surface area (Å²) >= 11 is 0. The van der Waals surface area contributed by atoms with Crippen LogP contribution in [0.1, 0.15) is 60.9 Å². The lowest BCUT2D eigenvalue weighted by Gasteiger charge is -2.26. The first-order chi connectivity index (χ1) is 12.7. The lowest BCUT2D eigenvalue weighted by molar-refractivity contribution is 0.0945. The number of aryl methyl sites for hydroxylation is 2. The monoisotopic (exact) mass is 364 g/mol. The van der Waals surface area contributed by atoms with E-state index >= 15 is 0 Å². The molecule has 3 aromatic rings. The van der Waals surface area contributed by atoms with E-state index in [2.05, 4.69) is 74.3 Å². The maximum absolute atomic E-state index is 12.8. The first-order valence-electron chi connectivity index (χ1n) is 9.39.